The number of para-hydroxylation sites is 2. The number of hydrogen-bond acceptors (Lipinski definition) is 5. The Morgan fingerprint density at radius 1 is 0.778 bits per heavy atom. The van der Waals surface area contributed by atoms with Gasteiger partial charge in [0.25, 0.3) is 11.8 Å². The maximum atomic E-state index is 13.4. The fourth-order valence-electron chi connectivity index (χ4n) is 4.95. The van der Waals surface area contributed by atoms with Crippen LogP contribution < -0.4 is 5.32 Å². The molecule has 0 bridgehead atoms. The van der Waals surface area contributed by atoms with E-state index in [0.717, 1.165) is 11.4 Å². The third kappa shape index (κ3) is 5.23. The number of rotatable bonds is 5. The van der Waals surface area contributed by atoms with Gasteiger partial charge in [0.2, 0.25) is 0 Å². The summed E-state index contributed by atoms with van der Waals surface area (Å²) in [5, 5.41) is 14.8. The van der Waals surface area contributed by atoms with Crippen molar-refractivity contribution in [2.45, 2.75) is 12.1 Å². The molecule has 2 amide bonds. The maximum Gasteiger partial charge on any atom is 0.256 e. The van der Waals surface area contributed by atoms with Gasteiger partial charge < -0.3 is 20.2 Å². The first kappa shape index (κ1) is 24.3. The van der Waals surface area contributed by atoms with Gasteiger partial charge in [0.1, 0.15) is 0 Å². The van der Waals surface area contributed by atoms with Gasteiger partial charge in [0.05, 0.1) is 23.4 Å². The Hall–Kier alpha value is -3.39. The number of likely N-dealkylation sites (tertiary alicyclic amines) is 1. The lowest BCUT2D eigenvalue weighted by atomic mass is 10.1. The summed E-state index contributed by atoms with van der Waals surface area (Å²) >= 11 is 5.94. The average molecular weight is 505 g/mol. The summed E-state index contributed by atoms with van der Waals surface area (Å²) < 4.78 is 0. The van der Waals surface area contributed by atoms with E-state index in [1.165, 1.54) is 0 Å². The highest BCUT2D eigenvalue weighted by Crippen LogP contribution is 2.26. The summed E-state index contributed by atoms with van der Waals surface area (Å²) in [6, 6.07) is 24.0. The summed E-state index contributed by atoms with van der Waals surface area (Å²) in [6.07, 6.45) is -0.637. The second kappa shape index (κ2) is 10.7. The Labute approximate surface area is 215 Å². The van der Waals surface area contributed by atoms with Crippen molar-refractivity contribution in [1.82, 2.24) is 14.7 Å². The van der Waals surface area contributed by atoms with Crippen molar-refractivity contribution < 1.29 is 14.7 Å². The quantitative estimate of drug-likeness (QED) is 0.554. The molecule has 2 aliphatic heterocycles. The molecular formula is C28H29ClN4O3. The number of aliphatic hydroxyl groups excluding tert-OH is 1. The Morgan fingerprint density at radius 3 is 2.17 bits per heavy atom. The lowest BCUT2D eigenvalue weighted by Gasteiger charge is -2.38. The van der Waals surface area contributed by atoms with Crippen molar-refractivity contribution in [2.75, 3.05) is 44.6 Å². The van der Waals surface area contributed by atoms with Gasteiger partial charge >= 0.3 is 0 Å². The lowest BCUT2D eigenvalue weighted by molar-refractivity contribution is 0.0376. The number of carbonyl (C=O) groups is 2. The number of aliphatic hydroxyl groups is 1. The number of halogens is 1. The van der Waals surface area contributed by atoms with Crippen LogP contribution in [0.3, 0.4) is 0 Å². The SMILES string of the molecule is O=C(c1ccc(Cl)cc1)N1CCN(C2CN(C(=O)c3ccccc3Nc3ccccc3)CC2O)CC1. The smallest absolute Gasteiger partial charge is 0.256 e. The Kier molecular flexibility index (Phi) is 7.23. The van der Waals surface area contributed by atoms with Crippen LogP contribution in [0.5, 0.6) is 0 Å². The summed E-state index contributed by atoms with van der Waals surface area (Å²) in [5.41, 5.74) is 2.84. The van der Waals surface area contributed by atoms with E-state index in [0.29, 0.717) is 48.9 Å². The number of benzene rings is 3. The molecule has 2 fully saturated rings. The van der Waals surface area contributed by atoms with Crippen molar-refractivity contribution in [3.63, 3.8) is 0 Å². The summed E-state index contributed by atoms with van der Waals surface area (Å²) in [5.74, 6) is -0.121. The van der Waals surface area contributed by atoms with Crippen LogP contribution in [0, 0.1) is 0 Å². The van der Waals surface area contributed by atoms with E-state index in [1.54, 1.807) is 29.2 Å². The Balaban J connectivity index is 1.21. The zero-order valence-corrected chi connectivity index (χ0v) is 20.6. The first-order valence-corrected chi connectivity index (χ1v) is 12.5. The van der Waals surface area contributed by atoms with Crippen LogP contribution in [0.2, 0.25) is 5.02 Å². The Bertz CT molecular complexity index is 1210. The van der Waals surface area contributed by atoms with Crippen molar-refractivity contribution in [3.05, 3.63) is 95.0 Å². The average Bonchev–Trinajstić information content (AvgIpc) is 3.31. The molecule has 8 heteroatoms. The molecule has 2 saturated heterocycles. The standard InChI is InChI=1S/C28H29ClN4O3/c29-21-12-10-20(11-13-21)27(35)32-16-14-31(15-17-32)25-18-33(19-26(25)34)28(36)23-8-4-5-9-24(23)30-22-6-2-1-3-7-22/h1-13,25-26,30,34H,14-19H2. The number of nitrogens with zero attached hydrogens (tertiary/aromatic N) is 3. The summed E-state index contributed by atoms with van der Waals surface area (Å²) in [7, 11) is 0. The van der Waals surface area contributed by atoms with Crippen molar-refractivity contribution in [2.24, 2.45) is 0 Å². The molecule has 0 spiro atoms. The van der Waals surface area contributed by atoms with Crippen LogP contribution in [0.25, 0.3) is 0 Å². The number of hydrogen-bond donors (Lipinski definition) is 2. The molecule has 5 rings (SSSR count). The predicted octanol–water partition coefficient (Wildman–Crippen LogP) is 3.73. The molecular weight excluding hydrogens is 476 g/mol. The molecule has 0 radical (unpaired) electrons. The number of carbonyl (C=O) groups excluding carboxylic acids is 2. The molecule has 2 heterocycles. The van der Waals surface area contributed by atoms with E-state index in [4.69, 9.17) is 11.6 Å². The molecule has 0 saturated carbocycles. The second-order valence-electron chi connectivity index (χ2n) is 9.22. The summed E-state index contributed by atoms with van der Waals surface area (Å²) in [6.45, 7) is 3.17. The van der Waals surface area contributed by atoms with Gasteiger partial charge in [0.15, 0.2) is 0 Å². The van der Waals surface area contributed by atoms with Gasteiger partial charge in [-0.25, -0.2) is 0 Å². The van der Waals surface area contributed by atoms with Gasteiger partial charge in [-0.05, 0) is 48.5 Å². The van der Waals surface area contributed by atoms with E-state index < -0.39 is 6.10 Å². The summed E-state index contributed by atoms with van der Waals surface area (Å²) in [4.78, 5) is 32.0. The predicted molar refractivity (Wildman–Crippen MR) is 141 cm³/mol. The highest BCUT2D eigenvalue weighted by atomic mass is 35.5. The van der Waals surface area contributed by atoms with Crippen molar-refractivity contribution in [3.8, 4) is 0 Å². The van der Waals surface area contributed by atoms with Crippen molar-refractivity contribution >= 4 is 34.8 Å². The molecule has 2 aliphatic rings. The third-order valence-electron chi connectivity index (χ3n) is 6.92. The zero-order chi connectivity index (χ0) is 25.1. The molecule has 7 nitrogen and oxygen atoms in total. The minimum atomic E-state index is -0.637. The number of β-amino-alcohol motifs (C(OH)–C–C–N with tert-alkyl or cyclic N) is 1. The molecule has 3 aromatic rings. The van der Waals surface area contributed by atoms with Gasteiger partial charge in [-0.1, -0.05) is 41.9 Å². The van der Waals surface area contributed by atoms with Crippen LogP contribution in [-0.2, 0) is 0 Å². The fourth-order valence-corrected chi connectivity index (χ4v) is 5.08. The van der Waals surface area contributed by atoms with Gasteiger partial charge in [-0.2, -0.15) is 0 Å². The largest absolute Gasteiger partial charge is 0.390 e. The monoisotopic (exact) mass is 504 g/mol. The molecule has 2 unspecified atom stereocenters. The highest BCUT2D eigenvalue weighted by Gasteiger charge is 2.39. The minimum absolute atomic E-state index is 0.0161. The van der Waals surface area contributed by atoms with Crippen LogP contribution in [-0.4, -0.2) is 83.0 Å². The number of amides is 2. The molecule has 0 aromatic heterocycles. The lowest BCUT2D eigenvalue weighted by Crippen LogP contribution is -2.54. The zero-order valence-electron chi connectivity index (χ0n) is 19.9. The molecule has 2 N–H and O–H groups in total. The van der Waals surface area contributed by atoms with Gasteiger partial charge in [0, 0.05) is 55.5 Å². The Morgan fingerprint density at radius 2 is 1.44 bits per heavy atom. The maximum absolute atomic E-state index is 13.4. The van der Waals surface area contributed by atoms with Crippen LogP contribution in [0.1, 0.15) is 20.7 Å². The van der Waals surface area contributed by atoms with Crippen LogP contribution in [0.4, 0.5) is 11.4 Å². The van der Waals surface area contributed by atoms with Crippen molar-refractivity contribution in [1.29, 1.82) is 0 Å². The van der Waals surface area contributed by atoms with Crippen LogP contribution in [0.15, 0.2) is 78.9 Å². The van der Waals surface area contributed by atoms with E-state index in [-0.39, 0.29) is 24.4 Å². The topological polar surface area (TPSA) is 76.1 Å². The van der Waals surface area contributed by atoms with E-state index in [9.17, 15) is 14.7 Å². The van der Waals surface area contributed by atoms with E-state index >= 15 is 0 Å². The minimum Gasteiger partial charge on any atom is -0.390 e. The van der Waals surface area contributed by atoms with Crippen LogP contribution >= 0.6 is 11.6 Å². The van der Waals surface area contributed by atoms with E-state index in [1.807, 2.05) is 59.5 Å². The van der Waals surface area contributed by atoms with Gasteiger partial charge in [-0.15, -0.1) is 0 Å². The first-order valence-electron chi connectivity index (χ1n) is 12.2. The first-order chi connectivity index (χ1) is 17.5. The fraction of sp³-hybridized carbons (Fsp3) is 0.286. The number of piperazine rings is 1. The third-order valence-corrected chi connectivity index (χ3v) is 7.17. The molecule has 3 aromatic carbocycles. The number of nitrogens with one attached hydrogen (secondary N) is 1. The normalized spacial score (nSPS) is 20.4. The molecule has 36 heavy (non-hydrogen) atoms. The molecule has 2 atom stereocenters. The molecule has 186 valence electrons. The number of anilines is 2. The molecule has 0 aliphatic carbocycles. The van der Waals surface area contributed by atoms with Gasteiger partial charge in [-0.3, -0.25) is 14.5 Å². The highest BCUT2D eigenvalue weighted by molar-refractivity contribution is 6.30. The van der Waals surface area contributed by atoms with E-state index in [2.05, 4.69) is 10.2 Å². The second-order valence-corrected chi connectivity index (χ2v) is 9.65.